The SMILES string of the molecule is CCCCCCC[C@@H](O)/C=C/[C@H]1[C@H]2OC(=O)[C@]1(O)C(=O)N[C@H]2C. The summed E-state index contributed by atoms with van der Waals surface area (Å²) < 4.78 is 5.14. The standard InChI is InChI=1S/C17H27NO5/c1-3-4-5-6-7-8-12(19)9-10-13-14-11(2)18-15(20)17(13,22)16(21)23-14/h9-14,19,22H,3-8H2,1-2H3,(H,18,20)/b10-9+/t11-,12+,13-,14-,17+/m0/s1. The number of fused-ring (bicyclic) bond motifs is 2. The van der Waals surface area contributed by atoms with E-state index in [1.165, 1.54) is 12.8 Å². The normalized spacial score (nSPS) is 34.5. The van der Waals surface area contributed by atoms with Gasteiger partial charge in [0.25, 0.3) is 11.5 Å². The van der Waals surface area contributed by atoms with Crippen LogP contribution in [0.4, 0.5) is 0 Å². The number of piperidine rings is 1. The van der Waals surface area contributed by atoms with Crippen molar-refractivity contribution in [2.24, 2.45) is 5.92 Å². The number of nitrogens with one attached hydrogen (secondary N) is 1. The molecule has 6 nitrogen and oxygen atoms in total. The van der Waals surface area contributed by atoms with E-state index in [0.29, 0.717) is 6.42 Å². The minimum absolute atomic E-state index is 0.366. The highest BCUT2D eigenvalue weighted by molar-refractivity contribution is 6.09. The number of aliphatic hydroxyl groups is 2. The lowest BCUT2D eigenvalue weighted by Gasteiger charge is -2.33. The van der Waals surface area contributed by atoms with Crippen molar-refractivity contribution in [1.29, 1.82) is 0 Å². The van der Waals surface area contributed by atoms with Crippen LogP contribution in [-0.2, 0) is 14.3 Å². The third-order valence-corrected chi connectivity index (χ3v) is 4.73. The van der Waals surface area contributed by atoms with Crippen LogP contribution in [0.15, 0.2) is 12.2 Å². The second-order valence-corrected chi connectivity index (χ2v) is 6.58. The first-order valence-electron chi connectivity index (χ1n) is 8.52. The average Bonchev–Trinajstić information content (AvgIpc) is 2.73. The minimum atomic E-state index is -2.17. The molecule has 0 spiro atoms. The van der Waals surface area contributed by atoms with Crippen LogP contribution in [0.5, 0.6) is 0 Å². The van der Waals surface area contributed by atoms with Crippen molar-refractivity contribution in [3.05, 3.63) is 12.2 Å². The molecule has 2 bridgehead atoms. The van der Waals surface area contributed by atoms with E-state index in [-0.39, 0.29) is 6.04 Å². The number of carbonyl (C=O) groups excluding carboxylic acids is 2. The van der Waals surface area contributed by atoms with E-state index in [9.17, 15) is 19.8 Å². The lowest BCUT2D eigenvalue weighted by atomic mass is 9.79. The fraction of sp³-hybridized carbons (Fsp3) is 0.765. The minimum Gasteiger partial charge on any atom is -0.457 e. The highest BCUT2D eigenvalue weighted by Crippen LogP contribution is 2.38. The molecule has 0 aromatic carbocycles. The summed E-state index contributed by atoms with van der Waals surface area (Å²) in [6.07, 6.45) is 8.06. The maximum atomic E-state index is 12.0. The molecule has 0 aromatic heterocycles. The molecule has 0 saturated carbocycles. The van der Waals surface area contributed by atoms with Gasteiger partial charge in [0.15, 0.2) is 0 Å². The molecule has 2 heterocycles. The van der Waals surface area contributed by atoms with E-state index in [1.54, 1.807) is 19.1 Å². The summed E-state index contributed by atoms with van der Waals surface area (Å²) in [5, 5.41) is 23.0. The Bertz CT molecular complexity index is 478. The Kier molecular flexibility index (Phi) is 5.81. The molecular weight excluding hydrogens is 298 g/mol. The van der Waals surface area contributed by atoms with Gasteiger partial charge in [-0.2, -0.15) is 0 Å². The number of hydrogen-bond acceptors (Lipinski definition) is 5. The Hall–Kier alpha value is -1.40. The van der Waals surface area contributed by atoms with Gasteiger partial charge in [-0.05, 0) is 13.3 Å². The van der Waals surface area contributed by atoms with Gasteiger partial charge in [0.05, 0.1) is 18.1 Å². The molecule has 2 rings (SSSR count). The fourth-order valence-corrected chi connectivity index (χ4v) is 3.27. The molecule has 2 saturated heterocycles. The Labute approximate surface area is 136 Å². The Morgan fingerprint density at radius 1 is 1.30 bits per heavy atom. The van der Waals surface area contributed by atoms with Crippen LogP contribution in [0.3, 0.4) is 0 Å². The number of rotatable bonds is 8. The molecule has 130 valence electrons. The fourth-order valence-electron chi connectivity index (χ4n) is 3.27. The Morgan fingerprint density at radius 3 is 2.70 bits per heavy atom. The van der Waals surface area contributed by atoms with Crippen molar-refractivity contribution in [2.45, 2.75) is 76.2 Å². The molecule has 6 heteroatoms. The molecule has 5 atom stereocenters. The summed E-state index contributed by atoms with van der Waals surface area (Å²) in [5.74, 6) is -2.39. The van der Waals surface area contributed by atoms with E-state index < -0.39 is 35.6 Å². The summed E-state index contributed by atoms with van der Waals surface area (Å²) in [6, 6.07) is -0.366. The van der Waals surface area contributed by atoms with Crippen LogP contribution in [0.1, 0.15) is 52.4 Å². The van der Waals surface area contributed by atoms with Crippen molar-refractivity contribution in [2.75, 3.05) is 0 Å². The summed E-state index contributed by atoms with van der Waals surface area (Å²) in [6.45, 7) is 3.88. The van der Waals surface area contributed by atoms with Crippen LogP contribution in [0.2, 0.25) is 0 Å². The Morgan fingerprint density at radius 2 is 2.00 bits per heavy atom. The van der Waals surface area contributed by atoms with Crippen LogP contribution >= 0.6 is 0 Å². The van der Waals surface area contributed by atoms with Gasteiger partial charge in [-0.1, -0.05) is 51.2 Å². The van der Waals surface area contributed by atoms with E-state index in [4.69, 9.17) is 4.74 Å². The van der Waals surface area contributed by atoms with Crippen LogP contribution in [0.25, 0.3) is 0 Å². The number of ether oxygens (including phenoxy) is 1. The molecule has 2 aliphatic rings. The lowest BCUT2D eigenvalue weighted by molar-refractivity contribution is -0.160. The average molecular weight is 325 g/mol. The maximum Gasteiger partial charge on any atom is 0.349 e. The van der Waals surface area contributed by atoms with Crippen LogP contribution < -0.4 is 5.32 Å². The topological polar surface area (TPSA) is 95.9 Å². The number of hydrogen-bond donors (Lipinski definition) is 3. The van der Waals surface area contributed by atoms with Crippen molar-refractivity contribution in [1.82, 2.24) is 5.32 Å². The van der Waals surface area contributed by atoms with Gasteiger partial charge in [-0.15, -0.1) is 0 Å². The summed E-state index contributed by atoms with van der Waals surface area (Å²) >= 11 is 0. The molecule has 2 aliphatic heterocycles. The van der Waals surface area contributed by atoms with Crippen molar-refractivity contribution < 1.29 is 24.5 Å². The molecule has 0 aromatic rings. The molecule has 1 amide bonds. The first-order valence-corrected chi connectivity index (χ1v) is 8.52. The zero-order valence-electron chi connectivity index (χ0n) is 13.8. The van der Waals surface area contributed by atoms with Crippen molar-refractivity contribution in [3.8, 4) is 0 Å². The molecule has 3 N–H and O–H groups in total. The monoisotopic (exact) mass is 325 g/mol. The highest BCUT2D eigenvalue weighted by Gasteiger charge is 2.65. The van der Waals surface area contributed by atoms with Gasteiger partial charge in [-0.3, -0.25) is 4.79 Å². The maximum absolute atomic E-state index is 12.0. The van der Waals surface area contributed by atoms with Gasteiger partial charge < -0.3 is 20.3 Å². The second-order valence-electron chi connectivity index (χ2n) is 6.58. The van der Waals surface area contributed by atoms with Crippen molar-refractivity contribution in [3.63, 3.8) is 0 Å². The van der Waals surface area contributed by atoms with Crippen LogP contribution in [-0.4, -0.2) is 45.9 Å². The van der Waals surface area contributed by atoms with Gasteiger partial charge in [-0.25, -0.2) is 4.79 Å². The van der Waals surface area contributed by atoms with Gasteiger partial charge in [0.1, 0.15) is 6.10 Å². The first kappa shape index (κ1) is 17.9. The molecule has 23 heavy (non-hydrogen) atoms. The number of aliphatic hydroxyl groups excluding tert-OH is 1. The second kappa shape index (κ2) is 7.45. The largest absolute Gasteiger partial charge is 0.457 e. The van der Waals surface area contributed by atoms with Crippen LogP contribution in [0, 0.1) is 5.92 Å². The van der Waals surface area contributed by atoms with E-state index in [1.807, 2.05) is 0 Å². The van der Waals surface area contributed by atoms with Crippen molar-refractivity contribution >= 4 is 11.9 Å². The van der Waals surface area contributed by atoms with E-state index in [0.717, 1.165) is 19.3 Å². The first-order chi connectivity index (χ1) is 10.9. The van der Waals surface area contributed by atoms with Gasteiger partial charge in [0.2, 0.25) is 0 Å². The highest BCUT2D eigenvalue weighted by atomic mass is 16.6. The number of carbonyl (C=O) groups is 2. The summed E-state index contributed by atoms with van der Waals surface area (Å²) in [5.41, 5.74) is -2.17. The van der Waals surface area contributed by atoms with E-state index in [2.05, 4.69) is 12.2 Å². The quantitative estimate of drug-likeness (QED) is 0.268. The van der Waals surface area contributed by atoms with E-state index >= 15 is 0 Å². The number of unbranched alkanes of at least 4 members (excludes halogenated alkanes) is 4. The predicted octanol–water partition coefficient (Wildman–Crippen LogP) is 1.05. The summed E-state index contributed by atoms with van der Waals surface area (Å²) in [7, 11) is 0. The molecule has 0 aliphatic carbocycles. The molecule has 0 unspecified atom stereocenters. The third kappa shape index (κ3) is 3.58. The lowest BCUT2D eigenvalue weighted by Crippen LogP contribution is -2.62. The molecular formula is C17H27NO5. The molecule has 0 radical (unpaired) electrons. The smallest absolute Gasteiger partial charge is 0.349 e. The number of esters is 1. The third-order valence-electron chi connectivity index (χ3n) is 4.73. The van der Waals surface area contributed by atoms with Gasteiger partial charge in [0, 0.05) is 0 Å². The zero-order valence-corrected chi connectivity index (χ0v) is 13.8. The Balaban J connectivity index is 1.93. The number of amides is 1. The zero-order chi connectivity index (χ0) is 17.0. The van der Waals surface area contributed by atoms with Gasteiger partial charge >= 0.3 is 5.97 Å². The summed E-state index contributed by atoms with van der Waals surface area (Å²) in [4.78, 5) is 23.8. The predicted molar refractivity (Wildman–Crippen MR) is 84.4 cm³/mol. The molecule has 2 fully saturated rings.